The SMILES string of the molecule is CN(C[C@H](O)C1CCOCC1)C(=O)C(C)(C)C. The number of carbonyl (C=O) groups excluding carboxylic acids is 1. The molecule has 100 valence electrons. The van der Waals surface area contributed by atoms with Gasteiger partial charge in [0, 0.05) is 32.2 Å². The minimum Gasteiger partial charge on any atom is -0.391 e. The van der Waals surface area contributed by atoms with E-state index in [1.807, 2.05) is 20.8 Å². The van der Waals surface area contributed by atoms with Crippen LogP contribution in [0.5, 0.6) is 0 Å². The van der Waals surface area contributed by atoms with Crippen LogP contribution in [0.15, 0.2) is 0 Å². The maximum atomic E-state index is 12.0. The quantitative estimate of drug-likeness (QED) is 0.812. The van der Waals surface area contributed by atoms with Crippen molar-refractivity contribution >= 4 is 5.91 Å². The zero-order valence-electron chi connectivity index (χ0n) is 11.4. The van der Waals surface area contributed by atoms with Gasteiger partial charge in [-0.1, -0.05) is 20.8 Å². The summed E-state index contributed by atoms with van der Waals surface area (Å²) in [5.74, 6) is 0.336. The third kappa shape index (κ3) is 4.28. The first kappa shape index (κ1) is 14.5. The van der Waals surface area contributed by atoms with Gasteiger partial charge in [0.25, 0.3) is 0 Å². The Labute approximate surface area is 104 Å². The Kier molecular flexibility index (Phi) is 4.95. The fraction of sp³-hybridized carbons (Fsp3) is 0.923. The first-order valence-electron chi connectivity index (χ1n) is 6.33. The number of carbonyl (C=O) groups is 1. The minimum absolute atomic E-state index is 0.0728. The van der Waals surface area contributed by atoms with Crippen molar-refractivity contribution in [2.45, 2.75) is 39.7 Å². The van der Waals surface area contributed by atoms with Gasteiger partial charge in [-0.3, -0.25) is 4.79 Å². The average molecular weight is 243 g/mol. The Morgan fingerprint density at radius 3 is 2.41 bits per heavy atom. The van der Waals surface area contributed by atoms with Crippen molar-refractivity contribution in [2.75, 3.05) is 26.8 Å². The monoisotopic (exact) mass is 243 g/mol. The van der Waals surface area contributed by atoms with E-state index in [0.29, 0.717) is 6.54 Å². The zero-order valence-corrected chi connectivity index (χ0v) is 11.4. The predicted molar refractivity (Wildman–Crippen MR) is 66.6 cm³/mol. The molecule has 0 saturated carbocycles. The van der Waals surface area contributed by atoms with Crippen molar-refractivity contribution in [3.05, 3.63) is 0 Å². The smallest absolute Gasteiger partial charge is 0.227 e. The van der Waals surface area contributed by atoms with Gasteiger partial charge in [-0.25, -0.2) is 0 Å². The number of ether oxygens (including phenoxy) is 1. The van der Waals surface area contributed by atoms with Crippen LogP contribution in [0.4, 0.5) is 0 Å². The molecule has 1 atom stereocenters. The van der Waals surface area contributed by atoms with Crippen LogP contribution < -0.4 is 0 Å². The second kappa shape index (κ2) is 5.83. The number of hydrogen-bond acceptors (Lipinski definition) is 3. The van der Waals surface area contributed by atoms with E-state index in [-0.39, 0.29) is 17.2 Å². The lowest BCUT2D eigenvalue weighted by molar-refractivity contribution is -0.140. The highest BCUT2D eigenvalue weighted by atomic mass is 16.5. The molecule has 0 bridgehead atoms. The second-order valence-electron chi connectivity index (χ2n) is 5.95. The molecular formula is C13H25NO3. The van der Waals surface area contributed by atoms with Crippen LogP contribution in [0.2, 0.25) is 0 Å². The molecule has 0 aromatic rings. The maximum absolute atomic E-state index is 12.0. The first-order chi connectivity index (χ1) is 7.82. The van der Waals surface area contributed by atoms with Crippen LogP contribution in [-0.4, -0.2) is 48.8 Å². The highest BCUT2D eigenvalue weighted by molar-refractivity contribution is 5.81. The summed E-state index contributed by atoms with van der Waals surface area (Å²) in [6, 6.07) is 0. The predicted octanol–water partition coefficient (Wildman–Crippen LogP) is 1.28. The van der Waals surface area contributed by atoms with Gasteiger partial charge < -0.3 is 14.7 Å². The van der Waals surface area contributed by atoms with E-state index in [0.717, 1.165) is 26.1 Å². The average Bonchev–Trinajstić information content (AvgIpc) is 2.27. The Balaban J connectivity index is 2.44. The Morgan fingerprint density at radius 2 is 1.94 bits per heavy atom. The molecule has 1 amide bonds. The molecular weight excluding hydrogens is 218 g/mol. The standard InChI is InChI=1S/C13H25NO3/c1-13(2,3)12(16)14(4)9-11(15)10-5-7-17-8-6-10/h10-11,15H,5-9H2,1-4H3/t11-/m0/s1. The molecule has 1 fully saturated rings. The maximum Gasteiger partial charge on any atom is 0.227 e. The number of nitrogens with zero attached hydrogens (tertiary/aromatic N) is 1. The number of rotatable bonds is 3. The van der Waals surface area contributed by atoms with Gasteiger partial charge in [0.1, 0.15) is 0 Å². The molecule has 17 heavy (non-hydrogen) atoms. The molecule has 0 aromatic heterocycles. The summed E-state index contributed by atoms with van der Waals surface area (Å²) < 4.78 is 5.26. The van der Waals surface area contributed by atoms with Gasteiger partial charge in [-0.05, 0) is 18.8 Å². The molecule has 1 heterocycles. The lowest BCUT2D eigenvalue weighted by Gasteiger charge is -2.32. The third-order valence-corrected chi connectivity index (χ3v) is 3.26. The Morgan fingerprint density at radius 1 is 1.41 bits per heavy atom. The van der Waals surface area contributed by atoms with E-state index >= 15 is 0 Å². The van der Waals surface area contributed by atoms with Crippen LogP contribution in [0.25, 0.3) is 0 Å². The summed E-state index contributed by atoms with van der Waals surface area (Å²) in [5.41, 5.74) is -0.385. The minimum atomic E-state index is -0.435. The Hall–Kier alpha value is -0.610. The summed E-state index contributed by atoms with van der Waals surface area (Å²) in [7, 11) is 1.76. The van der Waals surface area contributed by atoms with Crippen LogP contribution >= 0.6 is 0 Å². The van der Waals surface area contributed by atoms with Gasteiger partial charge in [0.15, 0.2) is 0 Å². The molecule has 0 unspecified atom stereocenters. The van der Waals surface area contributed by atoms with Gasteiger partial charge in [0.2, 0.25) is 5.91 Å². The van der Waals surface area contributed by atoms with Crippen molar-refractivity contribution < 1.29 is 14.6 Å². The van der Waals surface area contributed by atoms with Crippen LogP contribution in [-0.2, 0) is 9.53 Å². The summed E-state index contributed by atoms with van der Waals surface area (Å²) in [6.45, 7) is 7.55. The number of amides is 1. The summed E-state index contributed by atoms with van der Waals surface area (Å²) in [5, 5.41) is 10.1. The first-order valence-corrected chi connectivity index (χ1v) is 6.33. The number of likely N-dealkylation sites (N-methyl/N-ethyl adjacent to an activating group) is 1. The third-order valence-electron chi connectivity index (χ3n) is 3.26. The van der Waals surface area contributed by atoms with Crippen molar-refractivity contribution in [3.8, 4) is 0 Å². The summed E-state index contributed by atoms with van der Waals surface area (Å²) >= 11 is 0. The largest absolute Gasteiger partial charge is 0.391 e. The highest BCUT2D eigenvalue weighted by Gasteiger charge is 2.29. The molecule has 4 nitrogen and oxygen atoms in total. The van der Waals surface area contributed by atoms with E-state index in [4.69, 9.17) is 4.74 Å². The van der Waals surface area contributed by atoms with Gasteiger partial charge in [-0.15, -0.1) is 0 Å². The Bertz CT molecular complexity index is 254. The van der Waals surface area contributed by atoms with Crippen molar-refractivity contribution in [2.24, 2.45) is 11.3 Å². The lowest BCUT2D eigenvalue weighted by Crippen LogP contribution is -2.43. The van der Waals surface area contributed by atoms with Crippen LogP contribution in [0.1, 0.15) is 33.6 Å². The van der Waals surface area contributed by atoms with E-state index < -0.39 is 6.10 Å². The zero-order chi connectivity index (χ0) is 13.1. The normalized spacial score (nSPS) is 20.1. The molecule has 1 aliphatic heterocycles. The molecule has 0 aromatic carbocycles. The van der Waals surface area contributed by atoms with Crippen molar-refractivity contribution in [1.82, 2.24) is 4.90 Å². The topological polar surface area (TPSA) is 49.8 Å². The van der Waals surface area contributed by atoms with Gasteiger partial charge in [-0.2, -0.15) is 0 Å². The second-order valence-corrected chi connectivity index (χ2v) is 5.95. The molecule has 1 N–H and O–H groups in total. The van der Waals surface area contributed by atoms with Crippen LogP contribution in [0, 0.1) is 11.3 Å². The summed E-state index contributed by atoms with van der Waals surface area (Å²) in [6.07, 6.45) is 1.34. The van der Waals surface area contributed by atoms with E-state index in [9.17, 15) is 9.90 Å². The molecule has 4 heteroatoms. The summed E-state index contributed by atoms with van der Waals surface area (Å²) in [4.78, 5) is 13.6. The molecule has 1 rings (SSSR count). The molecule has 0 spiro atoms. The number of hydrogen-bond donors (Lipinski definition) is 1. The van der Waals surface area contributed by atoms with Gasteiger partial charge in [0.05, 0.1) is 6.10 Å². The fourth-order valence-electron chi connectivity index (χ4n) is 2.19. The van der Waals surface area contributed by atoms with Crippen LogP contribution in [0.3, 0.4) is 0 Å². The fourth-order valence-corrected chi connectivity index (χ4v) is 2.19. The van der Waals surface area contributed by atoms with Crippen molar-refractivity contribution in [3.63, 3.8) is 0 Å². The molecule has 1 aliphatic rings. The lowest BCUT2D eigenvalue weighted by atomic mass is 9.92. The van der Waals surface area contributed by atoms with Crippen molar-refractivity contribution in [1.29, 1.82) is 0 Å². The van der Waals surface area contributed by atoms with E-state index in [2.05, 4.69) is 0 Å². The van der Waals surface area contributed by atoms with E-state index in [1.165, 1.54) is 0 Å². The van der Waals surface area contributed by atoms with E-state index in [1.54, 1.807) is 11.9 Å². The number of aliphatic hydroxyl groups excluding tert-OH is 1. The van der Waals surface area contributed by atoms with Gasteiger partial charge >= 0.3 is 0 Å². The number of aliphatic hydroxyl groups is 1. The molecule has 0 aliphatic carbocycles. The molecule has 0 radical (unpaired) electrons. The highest BCUT2D eigenvalue weighted by Crippen LogP contribution is 2.21. The molecule has 1 saturated heterocycles.